The first-order valence-corrected chi connectivity index (χ1v) is 10.9. The summed E-state index contributed by atoms with van der Waals surface area (Å²) < 4.78 is 61.7. The summed E-state index contributed by atoms with van der Waals surface area (Å²) >= 11 is 12.1. The maximum Gasteiger partial charge on any atom is 0.266 e. The number of hydrogen-bond donors (Lipinski definition) is 2. The van der Waals surface area contributed by atoms with Gasteiger partial charge in [0, 0.05) is 6.20 Å². The van der Waals surface area contributed by atoms with E-state index in [0.29, 0.717) is 16.8 Å². The molecule has 0 unspecified atom stereocenters. The van der Waals surface area contributed by atoms with Crippen LogP contribution in [0.5, 0.6) is 11.5 Å². The second kappa shape index (κ2) is 8.29. The first-order chi connectivity index (χ1) is 14.8. The largest absolute Gasteiger partial charge is 0.450 e. The molecule has 31 heavy (non-hydrogen) atoms. The molecule has 3 aromatic rings. The lowest BCUT2D eigenvalue weighted by atomic mass is 10.2. The van der Waals surface area contributed by atoms with E-state index in [2.05, 4.69) is 20.0 Å². The molecule has 0 atom stereocenters. The van der Waals surface area contributed by atoms with Gasteiger partial charge in [0.1, 0.15) is 16.3 Å². The molecule has 0 saturated heterocycles. The summed E-state index contributed by atoms with van der Waals surface area (Å²) in [7, 11) is -4.29. The van der Waals surface area contributed by atoms with E-state index in [1.54, 1.807) is 24.3 Å². The molecule has 0 fully saturated rings. The average molecular weight is 485 g/mol. The van der Waals surface area contributed by atoms with E-state index in [0.717, 1.165) is 0 Å². The maximum atomic E-state index is 14.6. The van der Waals surface area contributed by atoms with E-state index in [-0.39, 0.29) is 29.0 Å². The van der Waals surface area contributed by atoms with Crippen molar-refractivity contribution in [2.45, 2.75) is 11.4 Å². The topological polar surface area (TPSA) is 92.7 Å². The van der Waals surface area contributed by atoms with Crippen LogP contribution in [0.4, 0.5) is 14.5 Å². The Morgan fingerprint density at radius 1 is 1.10 bits per heavy atom. The Balaban J connectivity index is 1.78. The van der Waals surface area contributed by atoms with Gasteiger partial charge in [-0.1, -0.05) is 35.3 Å². The fourth-order valence-corrected chi connectivity index (χ4v) is 4.24. The molecule has 0 saturated carbocycles. The summed E-state index contributed by atoms with van der Waals surface area (Å²) in [5.74, 6) is -3.72. The van der Waals surface area contributed by atoms with Gasteiger partial charge in [-0.3, -0.25) is 4.98 Å². The van der Waals surface area contributed by atoms with Gasteiger partial charge in [0.15, 0.2) is 11.6 Å². The standard InChI is InChI=1S/C19H12Cl2F2N4O3S/c20-10-5-3-7-24-13(10)9-25-19-26-17-15(31(28,29)27-19)8-12(22)16(23)18(17)30-14-6-2-1-4-11(14)21/h1-8H,9H2,(H2,25,26,27). The van der Waals surface area contributed by atoms with E-state index in [9.17, 15) is 17.2 Å². The van der Waals surface area contributed by atoms with Crippen LogP contribution in [0.15, 0.2) is 58.5 Å². The minimum atomic E-state index is -4.29. The minimum Gasteiger partial charge on any atom is -0.450 e. The molecule has 0 bridgehead atoms. The van der Waals surface area contributed by atoms with Crippen LogP contribution in [0.2, 0.25) is 10.0 Å². The fraction of sp³-hybridized carbons (Fsp3) is 0.0526. The molecule has 0 spiro atoms. The smallest absolute Gasteiger partial charge is 0.266 e. The molecule has 0 aliphatic carbocycles. The third-order valence-corrected chi connectivity index (χ3v) is 6.19. The lowest BCUT2D eigenvalue weighted by Crippen LogP contribution is -2.41. The van der Waals surface area contributed by atoms with Crippen molar-refractivity contribution in [1.29, 1.82) is 0 Å². The number of ether oxygens (including phenoxy) is 1. The monoisotopic (exact) mass is 484 g/mol. The number of sulfonamides is 1. The van der Waals surface area contributed by atoms with Crippen molar-refractivity contribution in [3.05, 3.63) is 76.0 Å². The lowest BCUT2D eigenvalue weighted by Gasteiger charge is -2.24. The molecule has 1 aromatic heterocycles. The Labute approximate surface area is 185 Å². The van der Waals surface area contributed by atoms with Gasteiger partial charge in [0.2, 0.25) is 11.8 Å². The maximum absolute atomic E-state index is 14.6. The number of aromatic nitrogens is 1. The Morgan fingerprint density at radius 3 is 2.58 bits per heavy atom. The number of pyridine rings is 1. The van der Waals surface area contributed by atoms with E-state index >= 15 is 0 Å². The number of hydrogen-bond acceptors (Lipinski definition) is 5. The zero-order chi connectivity index (χ0) is 22.2. The molecule has 0 amide bonds. The number of fused-ring (bicyclic) bond motifs is 1. The summed E-state index contributed by atoms with van der Waals surface area (Å²) in [6.07, 6.45) is 1.50. The fourth-order valence-electron chi connectivity index (χ4n) is 2.73. The molecule has 1 aliphatic heterocycles. The van der Waals surface area contributed by atoms with Crippen molar-refractivity contribution < 1.29 is 21.9 Å². The van der Waals surface area contributed by atoms with Crippen LogP contribution in [0.3, 0.4) is 0 Å². The summed E-state index contributed by atoms with van der Waals surface area (Å²) in [6.45, 7) is -0.0791. The van der Waals surface area contributed by atoms with Gasteiger partial charge in [-0.25, -0.2) is 22.5 Å². The number of nitrogens with zero attached hydrogens (tertiary/aromatic N) is 2. The predicted molar refractivity (Wildman–Crippen MR) is 112 cm³/mol. The van der Waals surface area contributed by atoms with Crippen molar-refractivity contribution in [1.82, 2.24) is 9.71 Å². The molecule has 7 nitrogen and oxygen atoms in total. The molecule has 4 rings (SSSR count). The SMILES string of the molecule is O=S1(=O)NC(=NCc2ncccc2Cl)Nc2c1cc(F)c(F)c2Oc1ccccc1Cl. The van der Waals surface area contributed by atoms with Gasteiger partial charge in [0.05, 0.1) is 22.3 Å². The average Bonchev–Trinajstić information content (AvgIpc) is 2.72. The normalized spacial score (nSPS) is 15.7. The molecule has 0 radical (unpaired) electrons. The van der Waals surface area contributed by atoms with Crippen molar-refractivity contribution in [3.8, 4) is 11.5 Å². The zero-order valence-corrected chi connectivity index (χ0v) is 17.7. The highest BCUT2D eigenvalue weighted by atomic mass is 35.5. The number of guanidine groups is 1. The zero-order valence-electron chi connectivity index (χ0n) is 15.4. The first-order valence-electron chi connectivity index (χ1n) is 8.64. The highest BCUT2D eigenvalue weighted by Gasteiger charge is 2.33. The number of rotatable bonds is 4. The van der Waals surface area contributed by atoms with Crippen LogP contribution in [0, 0.1) is 11.6 Å². The molecule has 160 valence electrons. The Hall–Kier alpha value is -2.95. The van der Waals surface area contributed by atoms with E-state index in [4.69, 9.17) is 27.9 Å². The summed E-state index contributed by atoms with van der Waals surface area (Å²) in [5.41, 5.74) is 0.0599. The highest BCUT2D eigenvalue weighted by Crippen LogP contribution is 2.41. The van der Waals surface area contributed by atoms with Crippen molar-refractivity contribution >= 4 is 44.9 Å². The molecule has 2 N–H and O–H groups in total. The van der Waals surface area contributed by atoms with Crippen molar-refractivity contribution in [2.75, 3.05) is 5.32 Å². The van der Waals surface area contributed by atoms with Gasteiger partial charge in [0.25, 0.3) is 10.0 Å². The van der Waals surface area contributed by atoms with Crippen molar-refractivity contribution in [3.63, 3.8) is 0 Å². The van der Waals surface area contributed by atoms with E-state index < -0.39 is 32.3 Å². The molecule has 1 aliphatic rings. The number of nitrogens with one attached hydrogen (secondary N) is 2. The Kier molecular flexibility index (Phi) is 5.69. The van der Waals surface area contributed by atoms with Crippen LogP contribution in [-0.2, 0) is 16.6 Å². The van der Waals surface area contributed by atoms with Crippen LogP contribution < -0.4 is 14.8 Å². The number of anilines is 1. The van der Waals surface area contributed by atoms with Gasteiger partial charge in [-0.2, -0.15) is 4.39 Å². The Bertz CT molecular complexity index is 1320. The quantitative estimate of drug-likeness (QED) is 0.558. The second-order valence-corrected chi connectivity index (χ2v) is 8.70. The van der Waals surface area contributed by atoms with E-state index in [1.165, 1.54) is 18.3 Å². The Morgan fingerprint density at radius 2 is 1.84 bits per heavy atom. The third-order valence-electron chi connectivity index (χ3n) is 4.17. The molecule has 2 heterocycles. The molecular weight excluding hydrogens is 473 g/mol. The number of aliphatic imine (C=N–C) groups is 1. The molecular formula is C19H12Cl2F2N4O3S. The first kappa shape index (κ1) is 21.3. The summed E-state index contributed by atoms with van der Waals surface area (Å²) in [5, 5.41) is 3.09. The van der Waals surface area contributed by atoms with Crippen LogP contribution in [0.25, 0.3) is 0 Å². The highest BCUT2D eigenvalue weighted by molar-refractivity contribution is 7.90. The number of halogens is 4. The van der Waals surface area contributed by atoms with Crippen LogP contribution in [-0.4, -0.2) is 19.4 Å². The molecule has 2 aromatic carbocycles. The van der Waals surface area contributed by atoms with Gasteiger partial charge in [-0.05, 0) is 30.3 Å². The van der Waals surface area contributed by atoms with Gasteiger partial charge >= 0.3 is 0 Å². The lowest BCUT2D eigenvalue weighted by molar-refractivity contribution is 0.415. The third kappa shape index (κ3) is 4.27. The number of para-hydroxylation sites is 1. The van der Waals surface area contributed by atoms with Gasteiger partial charge < -0.3 is 10.1 Å². The van der Waals surface area contributed by atoms with Crippen LogP contribution in [0.1, 0.15) is 5.69 Å². The van der Waals surface area contributed by atoms with Gasteiger partial charge in [-0.15, -0.1) is 0 Å². The van der Waals surface area contributed by atoms with E-state index in [1.807, 2.05) is 0 Å². The predicted octanol–water partition coefficient (Wildman–Crippen LogP) is 4.72. The molecule has 12 heteroatoms. The summed E-state index contributed by atoms with van der Waals surface area (Å²) in [4.78, 5) is 7.60. The van der Waals surface area contributed by atoms with Crippen LogP contribution >= 0.6 is 23.2 Å². The number of benzene rings is 2. The minimum absolute atomic E-state index is 0.00681. The second-order valence-electron chi connectivity index (χ2n) is 6.23. The van der Waals surface area contributed by atoms with Crippen molar-refractivity contribution in [2.24, 2.45) is 4.99 Å². The summed E-state index contributed by atoms with van der Waals surface area (Å²) in [6, 6.07) is 9.87.